The summed E-state index contributed by atoms with van der Waals surface area (Å²) in [6.45, 7) is 9.64. The molecular formula is C27H34N2O3. The lowest BCUT2D eigenvalue weighted by Crippen LogP contribution is -2.32. The molecule has 32 heavy (non-hydrogen) atoms. The summed E-state index contributed by atoms with van der Waals surface area (Å²) in [7, 11) is 0. The molecule has 0 saturated heterocycles. The smallest absolute Gasteiger partial charge is 0.305 e. The zero-order chi connectivity index (χ0) is 23.0. The SMILES string of the molecule is CCOC(=O)CCCCc1ccc(C#Cc2cc3c(cc2C)OCCC3(CC)CC)nn1. The maximum Gasteiger partial charge on any atom is 0.305 e. The molecule has 0 radical (unpaired) electrons. The van der Waals surface area contributed by atoms with Crippen LogP contribution in [0, 0.1) is 18.8 Å². The molecule has 1 aromatic carbocycles. The second-order valence-electron chi connectivity index (χ2n) is 8.42. The van der Waals surface area contributed by atoms with Gasteiger partial charge in [0.25, 0.3) is 0 Å². The van der Waals surface area contributed by atoms with Crippen molar-refractivity contribution in [1.29, 1.82) is 0 Å². The number of hydrogen-bond donors (Lipinski definition) is 0. The van der Waals surface area contributed by atoms with Gasteiger partial charge in [0.05, 0.1) is 18.9 Å². The van der Waals surface area contributed by atoms with Crippen molar-refractivity contribution in [3.63, 3.8) is 0 Å². The van der Waals surface area contributed by atoms with Crippen LogP contribution in [0.3, 0.4) is 0 Å². The molecule has 0 fully saturated rings. The number of rotatable bonds is 8. The number of carbonyl (C=O) groups excluding carboxylic acids is 1. The van der Waals surface area contributed by atoms with Crippen molar-refractivity contribution in [2.45, 2.75) is 78.1 Å². The van der Waals surface area contributed by atoms with Gasteiger partial charge in [0.15, 0.2) is 0 Å². The van der Waals surface area contributed by atoms with E-state index in [-0.39, 0.29) is 11.4 Å². The number of unbranched alkanes of at least 4 members (excludes halogenated alkanes) is 1. The van der Waals surface area contributed by atoms with Crippen molar-refractivity contribution in [2.75, 3.05) is 13.2 Å². The van der Waals surface area contributed by atoms with Gasteiger partial charge in [0, 0.05) is 23.0 Å². The van der Waals surface area contributed by atoms with Crippen LogP contribution in [0.1, 0.15) is 87.4 Å². The first-order valence-electron chi connectivity index (χ1n) is 11.8. The standard InChI is InChI=1S/C27H34N2O3/c1-5-27(6-2)16-17-32-25-18-20(4)21(19-24(25)27)12-13-23-15-14-22(28-29-23)10-8-9-11-26(30)31-7-3/h14-15,18-19H,5-11,16-17H2,1-4H3. The van der Waals surface area contributed by atoms with Crippen LogP contribution < -0.4 is 4.74 Å². The molecule has 1 aliphatic heterocycles. The highest BCUT2D eigenvalue weighted by Crippen LogP contribution is 2.44. The first-order valence-corrected chi connectivity index (χ1v) is 11.8. The third-order valence-corrected chi connectivity index (χ3v) is 6.50. The molecule has 170 valence electrons. The van der Waals surface area contributed by atoms with Crippen molar-refractivity contribution in [3.8, 4) is 17.6 Å². The number of ether oxygens (including phenoxy) is 2. The Labute approximate surface area is 191 Å². The number of esters is 1. The van der Waals surface area contributed by atoms with E-state index in [2.05, 4.69) is 54.9 Å². The molecule has 5 nitrogen and oxygen atoms in total. The lowest BCUT2D eigenvalue weighted by atomic mass is 9.71. The van der Waals surface area contributed by atoms with Crippen LogP contribution in [0.5, 0.6) is 5.75 Å². The van der Waals surface area contributed by atoms with E-state index < -0.39 is 0 Å². The largest absolute Gasteiger partial charge is 0.493 e. The van der Waals surface area contributed by atoms with E-state index in [0.717, 1.165) is 67.7 Å². The average Bonchev–Trinajstić information content (AvgIpc) is 2.81. The Morgan fingerprint density at radius 1 is 1.12 bits per heavy atom. The fourth-order valence-corrected chi connectivity index (χ4v) is 4.33. The molecule has 0 aliphatic carbocycles. The Balaban J connectivity index is 1.67. The summed E-state index contributed by atoms with van der Waals surface area (Å²) < 4.78 is 10.9. The average molecular weight is 435 g/mol. The van der Waals surface area contributed by atoms with Gasteiger partial charge in [-0.3, -0.25) is 4.79 Å². The lowest BCUT2D eigenvalue weighted by Gasteiger charge is -2.38. The topological polar surface area (TPSA) is 61.3 Å². The molecule has 0 spiro atoms. The van der Waals surface area contributed by atoms with E-state index in [1.807, 2.05) is 19.1 Å². The highest BCUT2D eigenvalue weighted by molar-refractivity contribution is 5.69. The molecule has 0 saturated carbocycles. The molecule has 3 rings (SSSR count). The lowest BCUT2D eigenvalue weighted by molar-refractivity contribution is -0.143. The van der Waals surface area contributed by atoms with Gasteiger partial charge in [-0.15, -0.1) is 5.10 Å². The molecule has 1 aliphatic rings. The molecule has 2 heterocycles. The molecule has 0 bridgehead atoms. The van der Waals surface area contributed by atoms with Crippen LogP contribution >= 0.6 is 0 Å². The summed E-state index contributed by atoms with van der Waals surface area (Å²) in [5, 5.41) is 8.57. The molecule has 0 unspecified atom stereocenters. The van der Waals surface area contributed by atoms with E-state index in [1.54, 1.807) is 0 Å². The van der Waals surface area contributed by atoms with Crippen LogP contribution in [0.25, 0.3) is 0 Å². The van der Waals surface area contributed by atoms with E-state index in [0.29, 0.717) is 18.7 Å². The minimum atomic E-state index is -0.136. The summed E-state index contributed by atoms with van der Waals surface area (Å²) in [5.74, 6) is 7.35. The van der Waals surface area contributed by atoms with E-state index in [1.165, 1.54) is 5.56 Å². The van der Waals surface area contributed by atoms with Crippen molar-refractivity contribution >= 4 is 5.97 Å². The van der Waals surface area contributed by atoms with Gasteiger partial charge in [-0.05, 0) is 88.1 Å². The number of aryl methyl sites for hydroxylation is 2. The zero-order valence-corrected chi connectivity index (χ0v) is 19.8. The van der Waals surface area contributed by atoms with Gasteiger partial charge >= 0.3 is 5.97 Å². The van der Waals surface area contributed by atoms with Gasteiger partial charge in [-0.2, -0.15) is 5.10 Å². The fraction of sp³-hybridized carbons (Fsp3) is 0.519. The third kappa shape index (κ3) is 5.68. The second-order valence-corrected chi connectivity index (χ2v) is 8.42. The van der Waals surface area contributed by atoms with Crippen LogP contribution in [-0.2, 0) is 21.4 Å². The monoisotopic (exact) mass is 434 g/mol. The van der Waals surface area contributed by atoms with E-state index >= 15 is 0 Å². The van der Waals surface area contributed by atoms with Crippen LogP contribution in [0.2, 0.25) is 0 Å². The highest BCUT2D eigenvalue weighted by Gasteiger charge is 2.35. The van der Waals surface area contributed by atoms with Gasteiger partial charge in [0.1, 0.15) is 11.4 Å². The number of aromatic nitrogens is 2. The quantitative estimate of drug-likeness (QED) is 0.320. The molecule has 0 atom stereocenters. The van der Waals surface area contributed by atoms with Crippen molar-refractivity contribution in [1.82, 2.24) is 10.2 Å². The summed E-state index contributed by atoms with van der Waals surface area (Å²) in [6, 6.07) is 8.23. The summed E-state index contributed by atoms with van der Waals surface area (Å²) >= 11 is 0. The second kappa shape index (κ2) is 11.1. The summed E-state index contributed by atoms with van der Waals surface area (Å²) in [5.41, 5.74) is 5.17. The van der Waals surface area contributed by atoms with E-state index in [9.17, 15) is 4.79 Å². The molecular weight excluding hydrogens is 400 g/mol. The molecule has 2 aromatic rings. The Morgan fingerprint density at radius 2 is 1.94 bits per heavy atom. The van der Waals surface area contributed by atoms with Crippen molar-refractivity contribution < 1.29 is 14.3 Å². The minimum Gasteiger partial charge on any atom is -0.493 e. The van der Waals surface area contributed by atoms with E-state index in [4.69, 9.17) is 9.47 Å². The van der Waals surface area contributed by atoms with Crippen LogP contribution in [-0.4, -0.2) is 29.4 Å². The first kappa shape index (κ1) is 23.8. The summed E-state index contributed by atoms with van der Waals surface area (Å²) in [4.78, 5) is 11.4. The van der Waals surface area contributed by atoms with Gasteiger partial charge in [-0.25, -0.2) is 0 Å². The maximum absolute atomic E-state index is 11.4. The molecule has 0 N–H and O–H groups in total. The van der Waals surface area contributed by atoms with Gasteiger partial charge in [0.2, 0.25) is 0 Å². The Kier molecular flexibility index (Phi) is 8.27. The predicted octanol–water partition coefficient (Wildman–Crippen LogP) is 5.30. The van der Waals surface area contributed by atoms with Gasteiger partial charge in [-0.1, -0.05) is 19.8 Å². The molecule has 0 amide bonds. The number of carbonyl (C=O) groups is 1. The third-order valence-electron chi connectivity index (χ3n) is 6.50. The fourth-order valence-electron chi connectivity index (χ4n) is 4.33. The zero-order valence-electron chi connectivity index (χ0n) is 19.8. The van der Waals surface area contributed by atoms with Gasteiger partial charge < -0.3 is 9.47 Å². The number of fused-ring (bicyclic) bond motifs is 1. The van der Waals surface area contributed by atoms with Crippen molar-refractivity contribution in [3.05, 3.63) is 52.3 Å². The molecule has 1 aromatic heterocycles. The van der Waals surface area contributed by atoms with Crippen molar-refractivity contribution in [2.24, 2.45) is 0 Å². The number of benzene rings is 1. The summed E-state index contributed by atoms with van der Waals surface area (Å²) in [6.07, 6.45) is 6.17. The minimum absolute atomic E-state index is 0.136. The predicted molar refractivity (Wildman–Crippen MR) is 126 cm³/mol. The number of hydrogen-bond acceptors (Lipinski definition) is 5. The normalized spacial score (nSPS) is 14.0. The Bertz CT molecular complexity index is 982. The van der Waals surface area contributed by atoms with Crippen LogP contribution in [0.15, 0.2) is 24.3 Å². The first-order chi connectivity index (χ1) is 15.5. The number of nitrogens with zero attached hydrogens (tertiary/aromatic N) is 2. The highest BCUT2D eigenvalue weighted by atomic mass is 16.5. The molecule has 5 heteroatoms. The van der Waals surface area contributed by atoms with Crippen LogP contribution in [0.4, 0.5) is 0 Å². The Hall–Kier alpha value is -2.87. The maximum atomic E-state index is 11.4. The Morgan fingerprint density at radius 3 is 2.62 bits per heavy atom.